The SMILES string of the molecule is CCC(C)c1ccc(OCC(=O)NNC(=O)COc2ccccc2[N+](=O)[O-])cc1. The first-order chi connectivity index (χ1) is 13.9. The van der Waals surface area contributed by atoms with Crippen LogP contribution in [0, 0.1) is 10.1 Å². The van der Waals surface area contributed by atoms with E-state index in [0.717, 1.165) is 6.42 Å². The zero-order valence-corrected chi connectivity index (χ0v) is 16.2. The minimum absolute atomic E-state index is 0.0388. The molecule has 0 saturated heterocycles. The maximum absolute atomic E-state index is 11.8. The summed E-state index contributed by atoms with van der Waals surface area (Å²) in [6.07, 6.45) is 1.03. The first kappa shape index (κ1) is 21.7. The van der Waals surface area contributed by atoms with Crippen molar-refractivity contribution in [3.05, 3.63) is 64.2 Å². The Labute approximate surface area is 168 Å². The van der Waals surface area contributed by atoms with Crippen molar-refractivity contribution in [3.63, 3.8) is 0 Å². The molecule has 2 N–H and O–H groups in total. The van der Waals surface area contributed by atoms with Crippen molar-refractivity contribution in [1.82, 2.24) is 10.9 Å². The molecule has 154 valence electrons. The topological polar surface area (TPSA) is 120 Å². The van der Waals surface area contributed by atoms with Crippen LogP contribution in [0.15, 0.2) is 48.5 Å². The van der Waals surface area contributed by atoms with Crippen LogP contribution in [-0.2, 0) is 9.59 Å². The van der Waals surface area contributed by atoms with Gasteiger partial charge in [0.15, 0.2) is 19.0 Å². The second-order valence-electron chi connectivity index (χ2n) is 6.28. The zero-order chi connectivity index (χ0) is 21.2. The van der Waals surface area contributed by atoms with Crippen molar-refractivity contribution in [1.29, 1.82) is 0 Å². The summed E-state index contributed by atoms with van der Waals surface area (Å²) < 4.78 is 10.5. The number of amides is 2. The Kier molecular flexibility index (Phi) is 7.96. The van der Waals surface area contributed by atoms with E-state index < -0.39 is 23.3 Å². The van der Waals surface area contributed by atoms with Crippen LogP contribution in [-0.4, -0.2) is 30.0 Å². The fraction of sp³-hybridized carbons (Fsp3) is 0.300. The van der Waals surface area contributed by atoms with E-state index >= 15 is 0 Å². The van der Waals surface area contributed by atoms with Gasteiger partial charge in [0.2, 0.25) is 0 Å². The minimum atomic E-state index is -0.672. The number of nitrogens with zero attached hydrogens (tertiary/aromatic N) is 1. The third kappa shape index (κ3) is 6.80. The van der Waals surface area contributed by atoms with Gasteiger partial charge < -0.3 is 9.47 Å². The molecule has 2 amide bonds. The molecule has 1 atom stereocenters. The summed E-state index contributed by atoms with van der Waals surface area (Å²) in [5.74, 6) is -0.284. The monoisotopic (exact) mass is 401 g/mol. The normalized spacial score (nSPS) is 11.2. The number of hydrogen-bond donors (Lipinski definition) is 2. The number of nitro groups is 1. The number of carbonyl (C=O) groups is 2. The molecule has 0 aliphatic carbocycles. The van der Waals surface area contributed by atoms with Crippen LogP contribution in [0.2, 0.25) is 0 Å². The van der Waals surface area contributed by atoms with Crippen LogP contribution in [0.4, 0.5) is 5.69 Å². The van der Waals surface area contributed by atoms with Crippen LogP contribution >= 0.6 is 0 Å². The lowest BCUT2D eigenvalue weighted by Crippen LogP contribution is -2.45. The Bertz CT molecular complexity index is 854. The van der Waals surface area contributed by atoms with Gasteiger partial charge in [-0.15, -0.1) is 0 Å². The molecule has 9 nitrogen and oxygen atoms in total. The maximum atomic E-state index is 11.8. The van der Waals surface area contributed by atoms with Gasteiger partial charge in [-0.25, -0.2) is 0 Å². The fourth-order valence-corrected chi connectivity index (χ4v) is 2.36. The number of hydrogen-bond acceptors (Lipinski definition) is 6. The predicted octanol–water partition coefficient (Wildman–Crippen LogP) is 2.71. The average molecular weight is 401 g/mol. The van der Waals surface area contributed by atoms with Gasteiger partial charge >= 0.3 is 5.69 Å². The van der Waals surface area contributed by atoms with E-state index in [2.05, 4.69) is 24.7 Å². The lowest BCUT2D eigenvalue weighted by molar-refractivity contribution is -0.385. The summed E-state index contributed by atoms with van der Waals surface area (Å²) in [6.45, 7) is 3.46. The first-order valence-corrected chi connectivity index (χ1v) is 9.07. The highest BCUT2D eigenvalue weighted by atomic mass is 16.6. The Morgan fingerprint density at radius 1 is 1.00 bits per heavy atom. The van der Waals surface area contributed by atoms with Crippen LogP contribution < -0.4 is 20.3 Å². The molecule has 2 aromatic rings. The Hall–Kier alpha value is -3.62. The van der Waals surface area contributed by atoms with E-state index in [1.54, 1.807) is 18.2 Å². The Balaban J connectivity index is 1.72. The van der Waals surface area contributed by atoms with Crippen LogP contribution in [0.25, 0.3) is 0 Å². The van der Waals surface area contributed by atoms with Gasteiger partial charge in [0.25, 0.3) is 11.8 Å². The highest BCUT2D eigenvalue weighted by molar-refractivity contribution is 5.83. The minimum Gasteiger partial charge on any atom is -0.484 e. The smallest absolute Gasteiger partial charge is 0.310 e. The van der Waals surface area contributed by atoms with Gasteiger partial charge in [0, 0.05) is 6.07 Å². The summed E-state index contributed by atoms with van der Waals surface area (Å²) in [5, 5.41) is 10.9. The van der Waals surface area contributed by atoms with Crippen LogP contribution in [0.3, 0.4) is 0 Å². The summed E-state index contributed by atoms with van der Waals surface area (Å²) in [7, 11) is 0. The van der Waals surface area contributed by atoms with Crippen molar-refractivity contribution in [2.75, 3.05) is 13.2 Å². The molecular weight excluding hydrogens is 378 g/mol. The van der Waals surface area contributed by atoms with Gasteiger partial charge in [0.1, 0.15) is 5.75 Å². The van der Waals surface area contributed by atoms with Crippen LogP contribution in [0.5, 0.6) is 11.5 Å². The summed E-state index contributed by atoms with van der Waals surface area (Å²) in [6, 6.07) is 13.2. The quantitative estimate of drug-likeness (QED) is 0.492. The zero-order valence-electron chi connectivity index (χ0n) is 16.2. The molecule has 29 heavy (non-hydrogen) atoms. The van der Waals surface area contributed by atoms with Gasteiger partial charge in [-0.1, -0.05) is 38.1 Å². The van der Waals surface area contributed by atoms with Gasteiger partial charge in [0.05, 0.1) is 4.92 Å². The highest BCUT2D eigenvalue weighted by Crippen LogP contribution is 2.25. The number of nitro benzene ring substituents is 1. The number of para-hydroxylation sites is 2. The number of benzene rings is 2. The second kappa shape index (κ2) is 10.6. The van der Waals surface area contributed by atoms with Crippen molar-refractivity contribution < 1.29 is 24.0 Å². The van der Waals surface area contributed by atoms with Crippen molar-refractivity contribution in [3.8, 4) is 11.5 Å². The lowest BCUT2D eigenvalue weighted by atomic mass is 9.99. The van der Waals surface area contributed by atoms with Crippen molar-refractivity contribution in [2.24, 2.45) is 0 Å². The molecule has 0 spiro atoms. The third-order valence-electron chi connectivity index (χ3n) is 4.19. The molecule has 0 saturated carbocycles. The molecule has 0 radical (unpaired) electrons. The van der Waals surface area contributed by atoms with Crippen molar-refractivity contribution >= 4 is 17.5 Å². The van der Waals surface area contributed by atoms with E-state index in [0.29, 0.717) is 11.7 Å². The van der Waals surface area contributed by atoms with E-state index in [1.165, 1.54) is 23.8 Å². The highest BCUT2D eigenvalue weighted by Gasteiger charge is 2.15. The summed E-state index contributed by atoms with van der Waals surface area (Å²) in [5.41, 5.74) is 5.28. The van der Waals surface area contributed by atoms with Gasteiger partial charge in [-0.3, -0.25) is 30.6 Å². The standard InChI is InChI=1S/C20H23N3O6/c1-3-14(2)15-8-10-16(11-9-15)28-12-19(24)21-22-20(25)13-29-18-7-5-4-6-17(18)23(26)27/h4-11,14H,3,12-13H2,1-2H3,(H,21,24)(H,22,25). The number of ether oxygens (including phenoxy) is 2. The second-order valence-corrected chi connectivity index (χ2v) is 6.28. The molecule has 9 heteroatoms. The fourth-order valence-electron chi connectivity index (χ4n) is 2.36. The molecule has 0 heterocycles. The molecule has 0 aliphatic heterocycles. The number of nitrogens with one attached hydrogen (secondary N) is 2. The lowest BCUT2D eigenvalue weighted by Gasteiger charge is -2.11. The maximum Gasteiger partial charge on any atom is 0.310 e. The third-order valence-corrected chi connectivity index (χ3v) is 4.19. The predicted molar refractivity (Wildman–Crippen MR) is 106 cm³/mol. The van der Waals surface area contributed by atoms with E-state index in [9.17, 15) is 19.7 Å². The first-order valence-electron chi connectivity index (χ1n) is 9.07. The molecule has 0 aliphatic rings. The van der Waals surface area contributed by atoms with E-state index in [4.69, 9.17) is 9.47 Å². The van der Waals surface area contributed by atoms with Gasteiger partial charge in [-0.2, -0.15) is 0 Å². The van der Waals surface area contributed by atoms with Gasteiger partial charge in [-0.05, 0) is 36.1 Å². The van der Waals surface area contributed by atoms with E-state index in [1.807, 2.05) is 12.1 Å². The summed E-state index contributed by atoms with van der Waals surface area (Å²) in [4.78, 5) is 33.8. The molecule has 0 aromatic heterocycles. The Morgan fingerprint density at radius 3 is 2.17 bits per heavy atom. The number of hydrazine groups is 1. The largest absolute Gasteiger partial charge is 0.484 e. The average Bonchev–Trinajstić information content (AvgIpc) is 2.74. The molecule has 1 unspecified atom stereocenters. The van der Waals surface area contributed by atoms with Crippen molar-refractivity contribution in [2.45, 2.75) is 26.2 Å². The molecule has 0 bridgehead atoms. The van der Waals surface area contributed by atoms with Crippen LogP contribution in [0.1, 0.15) is 31.7 Å². The Morgan fingerprint density at radius 2 is 1.59 bits per heavy atom. The summed E-state index contributed by atoms with van der Waals surface area (Å²) >= 11 is 0. The molecular formula is C20H23N3O6. The number of carbonyl (C=O) groups excluding carboxylic acids is 2. The molecule has 2 rings (SSSR count). The van der Waals surface area contributed by atoms with E-state index in [-0.39, 0.29) is 18.0 Å². The molecule has 2 aromatic carbocycles. The molecule has 0 fully saturated rings. The number of rotatable bonds is 9.